The van der Waals surface area contributed by atoms with E-state index in [9.17, 15) is 4.79 Å². The Kier molecular flexibility index (Phi) is 1.79. The van der Waals surface area contributed by atoms with Crippen molar-refractivity contribution >= 4 is 17.8 Å². The molecule has 0 fully saturated rings. The summed E-state index contributed by atoms with van der Waals surface area (Å²) in [6.45, 7) is 2.21. The third-order valence-corrected chi connectivity index (χ3v) is 1.59. The summed E-state index contributed by atoms with van der Waals surface area (Å²) in [4.78, 5) is 13.6. The number of thiazole rings is 1. The number of rotatable bonds is 2. The minimum Gasteiger partial charge on any atom is -0.400 e. The Morgan fingerprint density at radius 1 is 1.89 bits per heavy atom. The first-order valence-corrected chi connectivity index (χ1v) is 3.23. The molecule has 0 saturated carbocycles. The van der Waals surface area contributed by atoms with Crippen LogP contribution in [0.4, 0.5) is 0 Å². The van der Waals surface area contributed by atoms with Crippen molar-refractivity contribution in [2.45, 2.75) is 6.92 Å². The quantitative estimate of drug-likeness (QED) is 0.579. The molecule has 0 aromatic carbocycles. The van der Waals surface area contributed by atoms with Crippen LogP contribution in [0.25, 0.3) is 0 Å². The molecule has 0 spiro atoms. The third-order valence-electron chi connectivity index (χ3n) is 0.747. The molecular formula is C5H5NO2S. The average Bonchev–Trinajstić information content (AvgIpc) is 2.17. The van der Waals surface area contributed by atoms with Gasteiger partial charge in [-0.2, -0.15) is 0 Å². The summed E-state index contributed by atoms with van der Waals surface area (Å²) in [5.74, 6) is 0. The second kappa shape index (κ2) is 2.59. The molecule has 1 rings (SSSR count). The van der Waals surface area contributed by atoms with Crippen molar-refractivity contribution in [2.75, 3.05) is 0 Å². The van der Waals surface area contributed by atoms with E-state index in [1.54, 1.807) is 0 Å². The third kappa shape index (κ3) is 1.50. The van der Waals surface area contributed by atoms with E-state index in [0.29, 0.717) is 11.7 Å². The van der Waals surface area contributed by atoms with Crippen LogP contribution in [0.2, 0.25) is 0 Å². The molecular weight excluding hydrogens is 138 g/mol. The Bertz CT molecular complexity index is 208. The molecule has 48 valence electrons. The van der Waals surface area contributed by atoms with Crippen molar-refractivity contribution in [3.05, 3.63) is 11.1 Å². The van der Waals surface area contributed by atoms with Gasteiger partial charge in [0.1, 0.15) is 0 Å². The summed E-state index contributed by atoms with van der Waals surface area (Å²) in [6, 6.07) is 0. The predicted octanol–water partition coefficient (Wildman–Crippen LogP) is 0.987. The van der Waals surface area contributed by atoms with E-state index in [1.165, 1.54) is 11.3 Å². The van der Waals surface area contributed by atoms with Gasteiger partial charge in [-0.25, -0.2) is 4.98 Å². The molecule has 0 aliphatic heterocycles. The smallest absolute Gasteiger partial charge is 0.300 e. The number of nitrogens with zero attached hydrogens (tertiary/aromatic N) is 1. The highest BCUT2D eigenvalue weighted by molar-refractivity contribution is 7.11. The number of carbonyl (C=O) groups excluding carboxylic acids is 1. The zero-order valence-electron chi connectivity index (χ0n) is 4.83. The van der Waals surface area contributed by atoms with Gasteiger partial charge in [0.25, 0.3) is 11.7 Å². The van der Waals surface area contributed by atoms with Gasteiger partial charge in [0.15, 0.2) is 0 Å². The maximum atomic E-state index is 9.73. The molecule has 0 aliphatic rings. The van der Waals surface area contributed by atoms with Crippen LogP contribution in [-0.4, -0.2) is 11.5 Å². The molecule has 1 heterocycles. The van der Waals surface area contributed by atoms with Gasteiger partial charge in [0, 0.05) is 5.38 Å². The number of hydrogen-bond donors (Lipinski definition) is 0. The van der Waals surface area contributed by atoms with E-state index in [2.05, 4.69) is 9.72 Å². The average molecular weight is 143 g/mol. The molecule has 1 aromatic heterocycles. The highest BCUT2D eigenvalue weighted by Crippen LogP contribution is 2.15. The zero-order valence-corrected chi connectivity index (χ0v) is 5.64. The van der Waals surface area contributed by atoms with Crippen LogP contribution in [-0.2, 0) is 4.79 Å². The van der Waals surface area contributed by atoms with E-state index in [1.807, 2.05) is 12.3 Å². The lowest BCUT2D eigenvalue weighted by Crippen LogP contribution is -1.86. The number of aromatic nitrogens is 1. The molecule has 3 nitrogen and oxygen atoms in total. The molecule has 0 atom stereocenters. The van der Waals surface area contributed by atoms with Gasteiger partial charge in [0.2, 0.25) is 0 Å². The van der Waals surface area contributed by atoms with Gasteiger partial charge >= 0.3 is 0 Å². The lowest BCUT2D eigenvalue weighted by atomic mass is 10.6. The fourth-order valence-electron chi connectivity index (χ4n) is 0.428. The normalized spacial score (nSPS) is 9.00. The number of hydrogen-bond acceptors (Lipinski definition) is 4. The van der Waals surface area contributed by atoms with Crippen molar-refractivity contribution in [1.29, 1.82) is 0 Å². The Morgan fingerprint density at radius 2 is 2.67 bits per heavy atom. The maximum absolute atomic E-state index is 9.73. The molecule has 0 bridgehead atoms. The molecule has 0 radical (unpaired) electrons. The Morgan fingerprint density at radius 3 is 3.11 bits per heavy atom. The summed E-state index contributed by atoms with van der Waals surface area (Å²) in [7, 11) is 0. The second-order valence-electron chi connectivity index (χ2n) is 1.47. The largest absolute Gasteiger partial charge is 0.400 e. The van der Waals surface area contributed by atoms with E-state index in [4.69, 9.17) is 0 Å². The van der Waals surface area contributed by atoms with E-state index in [0.717, 1.165) is 5.69 Å². The number of carbonyl (C=O) groups is 1. The van der Waals surface area contributed by atoms with Gasteiger partial charge in [-0.3, -0.25) is 4.79 Å². The first-order valence-electron chi connectivity index (χ1n) is 2.35. The Labute approximate surface area is 56.3 Å². The van der Waals surface area contributed by atoms with E-state index in [-0.39, 0.29) is 0 Å². The van der Waals surface area contributed by atoms with Crippen LogP contribution in [0.5, 0.6) is 5.19 Å². The van der Waals surface area contributed by atoms with E-state index >= 15 is 0 Å². The molecule has 0 saturated heterocycles. The predicted molar refractivity (Wildman–Crippen MR) is 33.5 cm³/mol. The van der Waals surface area contributed by atoms with Crippen molar-refractivity contribution in [1.82, 2.24) is 4.98 Å². The fraction of sp³-hybridized carbons (Fsp3) is 0.200. The van der Waals surface area contributed by atoms with Crippen LogP contribution in [0.15, 0.2) is 5.38 Å². The topological polar surface area (TPSA) is 39.2 Å². The standard InChI is InChI=1S/C5H5NO2S/c1-4-2-9-5(6-4)8-3-7/h2-3H,1H3. The zero-order chi connectivity index (χ0) is 6.69. The van der Waals surface area contributed by atoms with Crippen LogP contribution in [0, 0.1) is 6.92 Å². The summed E-state index contributed by atoms with van der Waals surface area (Å²) in [5, 5.41) is 2.22. The SMILES string of the molecule is Cc1csc(OC=O)n1. The molecule has 0 amide bonds. The first-order chi connectivity index (χ1) is 4.33. The number of aryl methyl sites for hydroxylation is 1. The summed E-state index contributed by atoms with van der Waals surface area (Å²) < 4.78 is 4.45. The summed E-state index contributed by atoms with van der Waals surface area (Å²) in [6.07, 6.45) is 0. The van der Waals surface area contributed by atoms with E-state index < -0.39 is 0 Å². The first kappa shape index (κ1) is 6.22. The molecule has 0 aliphatic carbocycles. The van der Waals surface area contributed by atoms with Gasteiger partial charge in [-0.05, 0) is 6.92 Å². The van der Waals surface area contributed by atoms with Crippen LogP contribution >= 0.6 is 11.3 Å². The molecule has 4 heteroatoms. The minimum atomic E-state index is 0.373. The molecule has 1 aromatic rings. The highest BCUT2D eigenvalue weighted by atomic mass is 32.1. The van der Waals surface area contributed by atoms with Crippen LogP contribution in [0.1, 0.15) is 5.69 Å². The molecule has 0 unspecified atom stereocenters. The van der Waals surface area contributed by atoms with Crippen molar-refractivity contribution < 1.29 is 9.53 Å². The Balaban J connectivity index is 2.72. The summed E-state index contributed by atoms with van der Waals surface area (Å²) in [5.41, 5.74) is 0.872. The summed E-state index contributed by atoms with van der Waals surface area (Å²) >= 11 is 1.31. The van der Waals surface area contributed by atoms with Gasteiger partial charge in [-0.15, -0.1) is 0 Å². The maximum Gasteiger partial charge on any atom is 0.300 e. The minimum absolute atomic E-state index is 0.373. The fourth-order valence-corrected chi connectivity index (χ4v) is 1.04. The second-order valence-corrected chi connectivity index (χ2v) is 2.29. The Hall–Kier alpha value is -0.900. The molecule has 0 N–H and O–H groups in total. The monoisotopic (exact) mass is 143 g/mol. The van der Waals surface area contributed by atoms with Gasteiger partial charge in [0.05, 0.1) is 5.69 Å². The van der Waals surface area contributed by atoms with Crippen LogP contribution in [0.3, 0.4) is 0 Å². The van der Waals surface area contributed by atoms with Crippen molar-refractivity contribution in [3.63, 3.8) is 0 Å². The van der Waals surface area contributed by atoms with Gasteiger partial charge in [-0.1, -0.05) is 11.3 Å². The number of ether oxygens (including phenoxy) is 1. The lowest BCUT2D eigenvalue weighted by Gasteiger charge is -1.83. The van der Waals surface area contributed by atoms with Crippen molar-refractivity contribution in [2.24, 2.45) is 0 Å². The van der Waals surface area contributed by atoms with Crippen molar-refractivity contribution in [3.8, 4) is 5.19 Å². The lowest BCUT2D eigenvalue weighted by molar-refractivity contribution is -0.120. The highest BCUT2D eigenvalue weighted by Gasteiger charge is 1.95. The van der Waals surface area contributed by atoms with Crippen LogP contribution < -0.4 is 4.74 Å². The molecule has 9 heavy (non-hydrogen) atoms. The van der Waals surface area contributed by atoms with Gasteiger partial charge < -0.3 is 4.74 Å².